The van der Waals surface area contributed by atoms with E-state index < -0.39 is 11.7 Å². The van der Waals surface area contributed by atoms with Crippen LogP contribution in [0.1, 0.15) is 56.1 Å². The molecule has 172 valence electrons. The molecule has 1 saturated carbocycles. The van der Waals surface area contributed by atoms with Crippen molar-refractivity contribution in [2.24, 2.45) is 0 Å². The lowest BCUT2D eigenvalue weighted by atomic mass is 9.84. The largest absolute Gasteiger partial charge is 0.419 e. The van der Waals surface area contributed by atoms with E-state index in [1.54, 1.807) is 9.80 Å². The van der Waals surface area contributed by atoms with Crippen LogP contribution in [-0.4, -0.2) is 41.6 Å². The monoisotopic (exact) mass is 446 g/mol. The summed E-state index contributed by atoms with van der Waals surface area (Å²) in [7, 11) is 0. The molecule has 0 radical (unpaired) electrons. The summed E-state index contributed by atoms with van der Waals surface area (Å²) < 4.78 is 40.1. The number of hydrogen-bond donors (Lipinski definition) is 1. The number of nitrogens with one attached hydrogen (secondary N) is 1. The fourth-order valence-electron chi connectivity index (χ4n) is 4.79. The fraction of sp³-hybridized carbons (Fsp3) is 0.500. The first kappa shape index (κ1) is 22.4. The number of halogens is 3. The Hall–Kier alpha value is -2.77. The number of alkyl halides is 3. The van der Waals surface area contributed by atoms with E-state index in [1.165, 1.54) is 49.9 Å². The van der Waals surface area contributed by atoms with Gasteiger partial charge in [0, 0.05) is 37.6 Å². The van der Waals surface area contributed by atoms with Crippen LogP contribution < -0.4 is 10.2 Å². The summed E-state index contributed by atoms with van der Waals surface area (Å²) in [5.41, 5.74) is 1.30. The van der Waals surface area contributed by atoms with Gasteiger partial charge in [0.2, 0.25) is 0 Å². The van der Waals surface area contributed by atoms with E-state index in [0.29, 0.717) is 19.0 Å². The number of piperazine rings is 1. The third kappa shape index (κ3) is 5.00. The molecule has 2 heterocycles. The highest BCUT2D eigenvalue weighted by Gasteiger charge is 2.37. The van der Waals surface area contributed by atoms with Crippen LogP contribution in [0.15, 0.2) is 42.6 Å². The average molecular weight is 447 g/mol. The topological polar surface area (TPSA) is 48.5 Å². The van der Waals surface area contributed by atoms with Gasteiger partial charge in [0.25, 0.3) is 0 Å². The number of hydrogen-bond acceptors (Lipinski definition) is 3. The van der Waals surface area contributed by atoms with Crippen molar-refractivity contribution in [3.8, 4) is 0 Å². The lowest BCUT2D eigenvalue weighted by Crippen LogP contribution is -2.55. The van der Waals surface area contributed by atoms with Crippen molar-refractivity contribution in [1.82, 2.24) is 9.88 Å². The smallest absolute Gasteiger partial charge is 0.352 e. The molecule has 4 rings (SSSR count). The Morgan fingerprint density at radius 1 is 1.06 bits per heavy atom. The second kappa shape index (κ2) is 9.38. The molecule has 0 spiro atoms. The lowest BCUT2D eigenvalue weighted by Gasteiger charge is -2.40. The molecule has 1 N–H and O–H groups in total. The van der Waals surface area contributed by atoms with Gasteiger partial charge in [-0.25, -0.2) is 9.78 Å². The molecule has 0 bridgehead atoms. The second-order valence-electron chi connectivity index (χ2n) is 8.75. The normalized spacial score (nSPS) is 20.3. The van der Waals surface area contributed by atoms with Gasteiger partial charge in [-0.05, 0) is 55.5 Å². The van der Waals surface area contributed by atoms with E-state index in [-0.39, 0.29) is 24.4 Å². The summed E-state index contributed by atoms with van der Waals surface area (Å²) >= 11 is 0. The molecule has 1 saturated heterocycles. The molecule has 8 heteroatoms. The van der Waals surface area contributed by atoms with Gasteiger partial charge in [0.15, 0.2) is 0 Å². The average Bonchev–Trinajstić information content (AvgIpc) is 2.79. The second-order valence-corrected chi connectivity index (χ2v) is 8.75. The molecule has 2 amide bonds. The van der Waals surface area contributed by atoms with Crippen LogP contribution in [0.4, 0.5) is 29.5 Å². The quantitative estimate of drug-likeness (QED) is 0.640. The van der Waals surface area contributed by atoms with Crippen LogP contribution in [-0.2, 0) is 6.18 Å². The van der Waals surface area contributed by atoms with Crippen molar-refractivity contribution in [1.29, 1.82) is 0 Å². The summed E-state index contributed by atoms with van der Waals surface area (Å²) in [4.78, 5) is 20.1. The van der Waals surface area contributed by atoms with Crippen LogP contribution in [0.2, 0.25) is 0 Å². The first-order chi connectivity index (χ1) is 15.3. The van der Waals surface area contributed by atoms with E-state index in [4.69, 9.17) is 0 Å². The summed E-state index contributed by atoms with van der Waals surface area (Å²) in [5, 5.41) is 2.94. The van der Waals surface area contributed by atoms with Crippen molar-refractivity contribution in [2.45, 2.75) is 57.2 Å². The van der Waals surface area contributed by atoms with Gasteiger partial charge < -0.3 is 15.1 Å². The Morgan fingerprint density at radius 3 is 2.44 bits per heavy atom. The van der Waals surface area contributed by atoms with E-state index in [2.05, 4.69) is 22.4 Å². The highest BCUT2D eigenvalue weighted by Crippen LogP contribution is 2.36. The van der Waals surface area contributed by atoms with Crippen molar-refractivity contribution in [2.75, 3.05) is 29.9 Å². The van der Waals surface area contributed by atoms with Gasteiger partial charge in [-0.2, -0.15) is 13.2 Å². The molecular formula is C24H29F3N4O. The Bertz CT molecular complexity index is 926. The predicted octanol–water partition coefficient (Wildman–Crippen LogP) is 5.89. The summed E-state index contributed by atoms with van der Waals surface area (Å²) in [6, 6.07) is 9.90. The molecule has 1 aromatic heterocycles. The SMILES string of the molecule is C[C@@H]1CN(c2ncccc2C(F)(F)F)CCN1C(=O)Nc1ccc(C2CCCCC2)cc1. The zero-order chi connectivity index (χ0) is 22.7. The van der Waals surface area contributed by atoms with E-state index in [0.717, 1.165) is 11.8 Å². The third-order valence-electron chi connectivity index (χ3n) is 6.52. The minimum absolute atomic E-state index is 0.0785. The van der Waals surface area contributed by atoms with Crippen LogP contribution in [0.3, 0.4) is 0 Å². The van der Waals surface area contributed by atoms with Gasteiger partial charge in [-0.1, -0.05) is 31.4 Å². The van der Waals surface area contributed by atoms with Crippen LogP contribution in [0.25, 0.3) is 0 Å². The van der Waals surface area contributed by atoms with Crippen LogP contribution >= 0.6 is 0 Å². The number of amides is 2. The highest BCUT2D eigenvalue weighted by molar-refractivity contribution is 5.89. The van der Waals surface area contributed by atoms with E-state index in [9.17, 15) is 18.0 Å². The Labute approximate surface area is 186 Å². The maximum Gasteiger partial charge on any atom is 0.419 e. The minimum atomic E-state index is -4.47. The van der Waals surface area contributed by atoms with Crippen LogP contribution in [0.5, 0.6) is 0 Å². The first-order valence-electron chi connectivity index (χ1n) is 11.3. The molecule has 1 aromatic carbocycles. The molecular weight excluding hydrogens is 417 g/mol. The summed E-state index contributed by atoms with van der Waals surface area (Å²) in [5.74, 6) is 0.528. The van der Waals surface area contributed by atoms with E-state index >= 15 is 0 Å². The Balaban J connectivity index is 1.37. The molecule has 1 atom stereocenters. The molecule has 2 fully saturated rings. The Morgan fingerprint density at radius 2 is 1.78 bits per heavy atom. The molecule has 0 unspecified atom stereocenters. The number of aromatic nitrogens is 1. The number of rotatable bonds is 3. The first-order valence-corrected chi connectivity index (χ1v) is 11.3. The van der Waals surface area contributed by atoms with Gasteiger partial charge in [0.05, 0.1) is 5.56 Å². The summed E-state index contributed by atoms with van der Waals surface area (Å²) in [6.07, 6.45) is 3.20. The zero-order valence-electron chi connectivity index (χ0n) is 18.2. The number of carbonyl (C=O) groups excluding carboxylic acids is 1. The van der Waals surface area contributed by atoms with Crippen molar-refractivity contribution in [3.05, 3.63) is 53.7 Å². The fourth-order valence-corrected chi connectivity index (χ4v) is 4.79. The number of nitrogens with zero attached hydrogens (tertiary/aromatic N) is 3. The summed E-state index contributed by atoms with van der Waals surface area (Å²) in [6.45, 7) is 2.74. The minimum Gasteiger partial charge on any atom is -0.352 e. The van der Waals surface area contributed by atoms with Crippen molar-refractivity contribution < 1.29 is 18.0 Å². The molecule has 2 aliphatic rings. The van der Waals surface area contributed by atoms with Gasteiger partial charge in [0.1, 0.15) is 5.82 Å². The molecule has 1 aliphatic carbocycles. The zero-order valence-corrected chi connectivity index (χ0v) is 18.2. The van der Waals surface area contributed by atoms with Gasteiger partial charge in [-0.3, -0.25) is 0 Å². The number of urea groups is 1. The predicted molar refractivity (Wildman–Crippen MR) is 119 cm³/mol. The Kier molecular flexibility index (Phi) is 6.58. The maximum atomic E-state index is 13.4. The van der Waals surface area contributed by atoms with Gasteiger partial charge in [-0.15, -0.1) is 0 Å². The number of carbonyl (C=O) groups is 1. The molecule has 2 aromatic rings. The van der Waals surface area contributed by atoms with Crippen LogP contribution in [0, 0.1) is 0 Å². The lowest BCUT2D eigenvalue weighted by molar-refractivity contribution is -0.137. The standard InChI is InChI=1S/C24H29F3N4O/c1-17-16-30(22-21(24(25,26)27)8-5-13-28-22)14-15-31(17)23(32)29-20-11-9-19(10-12-20)18-6-3-2-4-7-18/h5,8-13,17-18H,2-4,6-7,14-16H2,1H3,(H,29,32)/t17-/m1/s1. The molecule has 32 heavy (non-hydrogen) atoms. The molecule has 1 aliphatic heterocycles. The van der Waals surface area contributed by atoms with Crippen molar-refractivity contribution >= 4 is 17.5 Å². The van der Waals surface area contributed by atoms with Gasteiger partial charge >= 0.3 is 12.2 Å². The third-order valence-corrected chi connectivity index (χ3v) is 6.52. The number of benzene rings is 1. The number of pyridine rings is 1. The maximum absolute atomic E-state index is 13.4. The molecule has 5 nitrogen and oxygen atoms in total. The number of anilines is 2. The van der Waals surface area contributed by atoms with Crippen molar-refractivity contribution in [3.63, 3.8) is 0 Å². The van der Waals surface area contributed by atoms with E-state index in [1.807, 2.05) is 19.1 Å². The highest BCUT2D eigenvalue weighted by atomic mass is 19.4.